The minimum absolute atomic E-state index is 0.127. The van der Waals surface area contributed by atoms with E-state index in [0.29, 0.717) is 11.3 Å². The number of carbonyl (C=O) groups is 1. The highest BCUT2D eigenvalue weighted by Gasteiger charge is 2.33. The van der Waals surface area contributed by atoms with Crippen molar-refractivity contribution in [3.63, 3.8) is 0 Å². The van der Waals surface area contributed by atoms with E-state index in [9.17, 15) is 18.0 Å². The third kappa shape index (κ3) is 4.64. The fourth-order valence-corrected chi connectivity index (χ4v) is 2.09. The van der Waals surface area contributed by atoms with Gasteiger partial charge in [-0.2, -0.15) is 18.4 Å². The summed E-state index contributed by atoms with van der Waals surface area (Å²) in [6.07, 6.45) is -4.57. The van der Waals surface area contributed by atoms with Gasteiger partial charge in [0.1, 0.15) is 0 Å². The van der Waals surface area contributed by atoms with Crippen molar-refractivity contribution >= 4 is 28.9 Å². The second-order valence-corrected chi connectivity index (χ2v) is 5.19. The smallest absolute Gasteiger partial charge is 0.376 e. The van der Waals surface area contributed by atoms with Gasteiger partial charge in [0.2, 0.25) is 5.91 Å². The molecule has 0 spiro atoms. The van der Waals surface area contributed by atoms with E-state index in [1.165, 1.54) is 18.2 Å². The summed E-state index contributed by atoms with van der Waals surface area (Å²) in [5.41, 5.74) is 0.0863. The molecule has 2 N–H and O–H groups in total. The van der Waals surface area contributed by atoms with E-state index in [4.69, 9.17) is 16.9 Å². The van der Waals surface area contributed by atoms with Gasteiger partial charge in [-0.3, -0.25) is 4.79 Å². The number of rotatable bonds is 4. The van der Waals surface area contributed by atoms with Crippen molar-refractivity contribution in [3.05, 3.63) is 58.6 Å². The van der Waals surface area contributed by atoms with Gasteiger partial charge in [0, 0.05) is 11.4 Å². The third-order valence-corrected chi connectivity index (χ3v) is 3.35. The molecule has 0 aliphatic carbocycles. The lowest BCUT2D eigenvalue weighted by Gasteiger charge is -2.12. The zero-order valence-electron chi connectivity index (χ0n) is 12.1. The SMILES string of the molecule is N#Cc1ccc(NC(=O)CNc2ccc(Cl)c(C(F)(F)F)c2)cc1. The van der Waals surface area contributed by atoms with Gasteiger partial charge >= 0.3 is 6.18 Å². The number of carbonyl (C=O) groups excluding carboxylic acids is 1. The first kappa shape index (κ1) is 17.6. The van der Waals surface area contributed by atoms with Gasteiger partial charge in [-0.15, -0.1) is 0 Å². The van der Waals surface area contributed by atoms with E-state index < -0.39 is 22.7 Å². The van der Waals surface area contributed by atoms with Crippen molar-refractivity contribution in [2.24, 2.45) is 0 Å². The van der Waals surface area contributed by atoms with E-state index in [2.05, 4.69) is 10.6 Å². The number of alkyl halides is 3. The molecule has 2 rings (SSSR count). The molecule has 0 saturated heterocycles. The number of nitrogens with one attached hydrogen (secondary N) is 2. The minimum atomic E-state index is -4.57. The molecule has 1 amide bonds. The Bertz CT molecular complexity index is 783. The van der Waals surface area contributed by atoms with Crippen LogP contribution in [0.1, 0.15) is 11.1 Å². The Labute approximate surface area is 140 Å². The van der Waals surface area contributed by atoms with Crippen molar-refractivity contribution in [3.8, 4) is 6.07 Å². The normalized spacial score (nSPS) is 10.8. The van der Waals surface area contributed by atoms with Crippen LogP contribution < -0.4 is 10.6 Å². The Morgan fingerprint density at radius 2 is 1.75 bits per heavy atom. The molecule has 0 radical (unpaired) electrons. The van der Waals surface area contributed by atoms with Crippen LogP contribution in [0.15, 0.2) is 42.5 Å². The maximum Gasteiger partial charge on any atom is 0.417 e. The molecule has 0 atom stereocenters. The van der Waals surface area contributed by atoms with Crippen molar-refractivity contribution in [1.29, 1.82) is 5.26 Å². The van der Waals surface area contributed by atoms with Crippen molar-refractivity contribution in [2.75, 3.05) is 17.2 Å². The largest absolute Gasteiger partial charge is 0.417 e. The highest BCUT2D eigenvalue weighted by Crippen LogP contribution is 2.36. The standard InChI is InChI=1S/C16H11ClF3N3O/c17-14-6-5-12(7-13(14)16(18,19)20)22-9-15(24)23-11-3-1-10(8-21)2-4-11/h1-7,22H,9H2,(H,23,24). The Morgan fingerprint density at radius 1 is 1.12 bits per heavy atom. The molecule has 2 aromatic rings. The van der Waals surface area contributed by atoms with Crippen LogP contribution in [0.3, 0.4) is 0 Å². The van der Waals surface area contributed by atoms with E-state index >= 15 is 0 Å². The molecule has 8 heteroatoms. The van der Waals surface area contributed by atoms with E-state index in [-0.39, 0.29) is 12.2 Å². The van der Waals surface area contributed by atoms with Gasteiger partial charge in [-0.1, -0.05) is 11.6 Å². The quantitative estimate of drug-likeness (QED) is 0.862. The average molecular weight is 354 g/mol. The van der Waals surface area contributed by atoms with Crippen LogP contribution in [-0.2, 0) is 11.0 Å². The van der Waals surface area contributed by atoms with Crippen LogP contribution in [0.25, 0.3) is 0 Å². The topological polar surface area (TPSA) is 64.9 Å². The molecule has 0 heterocycles. The molecule has 0 fully saturated rings. The van der Waals surface area contributed by atoms with E-state index in [1.807, 2.05) is 6.07 Å². The Morgan fingerprint density at radius 3 is 2.33 bits per heavy atom. The number of benzene rings is 2. The molecular formula is C16H11ClF3N3O. The van der Waals surface area contributed by atoms with Crippen LogP contribution in [0, 0.1) is 11.3 Å². The maximum absolute atomic E-state index is 12.8. The summed E-state index contributed by atoms with van der Waals surface area (Å²) in [7, 11) is 0. The van der Waals surface area contributed by atoms with Crippen LogP contribution in [0.4, 0.5) is 24.5 Å². The summed E-state index contributed by atoms with van der Waals surface area (Å²) >= 11 is 5.53. The fourth-order valence-electron chi connectivity index (χ4n) is 1.87. The maximum atomic E-state index is 12.8. The predicted molar refractivity (Wildman–Crippen MR) is 84.7 cm³/mol. The summed E-state index contributed by atoms with van der Waals surface area (Å²) in [5, 5.41) is 13.4. The van der Waals surface area contributed by atoms with Crippen LogP contribution in [0.2, 0.25) is 5.02 Å². The van der Waals surface area contributed by atoms with E-state index in [0.717, 1.165) is 12.1 Å². The number of nitrogens with zero attached hydrogens (tertiary/aromatic N) is 1. The highest BCUT2D eigenvalue weighted by molar-refractivity contribution is 6.31. The second-order valence-electron chi connectivity index (χ2n) is 4.78. The lowest BCUT2D eigenvalue weighted by atomic mass is 10.2. The van der Waals surface area contributed by atoms with Crippen LogP contribution in [0.5, 0.6) is 0 Å². The highest BCUT2D eigenvalue weighted by atomic mass is 35.5. The monoisotopic (exact) mass is 353 g/mol. The van der Waals surface area contributed by atoms with Gasteiger partial charge in [0.15, 0.2) is 0 Å². The van der Waals surface area contributed by atoms with Gasteiger partial charge in [-0.05, 0) is 42.5 Å². The van der Waals surface area contributed by atoms with Crippen molar-refractivity contribution in [1.82, 2.24) is 0 Å². The Hall–Kier alpha value is -2.72. The summed E-state index contributed by atoms with van der Waals surface area (Å²) in [4.78, 5) is 11.8. The summed E-state index contributed by atoms with van der Waals surface area (Å²) in [6.45, 7) is -0.223. The first-order valence-corrected chi connectivity index (χ1v) is 7.08. The molecule has 2 aromatic carbocycles. The lowest BCUT2D eigenvalue weighted by Crippen LogP contribution is -2.22. The third-order valence-electron chi connectivity index (χ3n) is 3.02. The molecule has 24 heavy (non-hydrogen) atoms. The zero-order valence-corrected chi connectivity index (χ0v) is 12.9. The molecule has 0 unspecified atom stereocenters. The molecule has 0 bridgehead atoms. The first-order valence-electron chi connectivity index (χ1n) is 6.70. The van der Waals surface area contributed by atoms with Crippen molar-refractivity contribution < 1.29 is 18.0 Å². The van der Waals surface area contributed by atoms with Gasteiger partial charge < -0.3 is 10.6 Å². The summed E-state index contributed by atoms with van der Waals surface area (Å²) in [6, 6.07) is 11.5. The summed E-state index contributed by atoms with van der Waals surface area (Å²) < 4.78 is 38.3. The van der Waals surface area contributed by atoms with Gasteiger partial charge in [0.25, 0.3) is 0 Å². The molecule has 0 aliphatic heterocycles. The van der Waals surface area contributed by atoms with Crippen LogP contribution in [-0.4, -0.2) is 12.5 Å². The second kappa shape index (κ2) is 7.23. The zero-order chi connectivity index (χ0) is 17.7. The molecule has 0 aromatic heterocycles. The van der Waals surface area contributed by atoms with Crippen LogP contribution >= 0.6 is 11.6 Å². The van der Waals surface area contributed by atoms with Crippen molar-refractivity contribution in [2.45, 2.75) is 6.18 Å². The van der Waals surface area contributed by atoms with Gasteiger partial charge in [-0.25, -0.2) is 0 Å². The Balaban J connectivity index is 1.97. The fraction of sp³-hybridized carbons (Fsp3) is 0.125. The summed E-state index contributed by atoms with van der Waals surface area (Å²) in [5.74, 6) is -0.441. The number of amides is 1. The van der Waals surface area contributed by atoms with Gasteiger partial charge in [0.05, 0.1) is 28.8 Å². The average Bonchev–Trinajstić information content (AvgIpc) is 2.53. The predicted octanol–water partition coefficient (Wildman–Crippen LogP) is 4.28. The number of hydrogen-bond donors (Lipinski definition) is 2. The molecule has 124 valence electrons. The van der Waals surface area contributed by atoms with E-state index in [1.54, 1.807) is 12.1 Å². The molecule has 0 aliphatic rings. The lowest BCUT2D eigenvalue weighted by molar-refractivity contribution is -0.137. The first-order chi connectivity index (χ1) is 11.3. The number of nitriles is 1. The Kier molecular flexibility index (Phi) is 5.31. The number of hydrogen-bond acceptors (Lipinski definition) is 3. The molecule has 4 nitrogen and oxygen atoms in total. The minimum Gasteiger partial charge on any atom is -0.376 e. The molecular weight excluding hydrogens is 343 g/mol. The molecule has 0 saturated carbocycles. The number of halogens is 4. The number of anilines is 2.